The smallest absolute Gasteiger partial charge is 0.273 e. The van der Waals surface area contributed by atoms with Gasteiger partial charge in [-0.25, -0.2) is 4.98 Å². The van der Waals surface area contributed by atoms with Gasteiger partial charge < -0.3 is 0 Å². The molecule has 0 spiro atoms. The Morgan fingerprint density at radius 1 is 1.26 bits per heavy atom. The molecule has 0 atom stereocenters. The van der Waals surface area contributed by atoms with Crippen LogP contribution in [0.2, 0.25) is 0 Å². The van der Waals surface area contributed by atoms with Crippen molar-refractivity contribution in [3.63, 3.8) is 0 Å². The fourth-order valence-electron chi connectivity index (χ4n) is 3.01. The number of amides is 1. The zero-order valence-electron chi connectivity index (χ0n) is 15.7. The summed E-state index contributed by atoms with van der Waals surface area (Å²) < 4.78 is 39.4. The third-order valence-corrected chi connectivity index (χ3v) is 4.23. The van der Waals surface area contributed by atoms with E-state index in [1.807, 2.05) is 20.8 Å². The zero-order chi connectivity index (χ0) is 20.2. The van der Waals surface area contributed by atoms with E-state index in [0.717, 1.165) is 38.2 Å². The van der Waals surface area contributed by atoms with Gasteiger partial charge in [0, 0.05) is 18.5 Å². The van der Waals surface area contributed by atoms with E-state index in [4.69, 9.17) is 5.26 Å². The molecular formula is C18H24F3N5O. The Morgan fingerprint density at radius 3 is 2.41 bits per heavy atom. The summed E-state index contributed by atoms with van der Waals surface area (Å²) in [6.07, 6.45) is -0.193. The summed E-state index contributed by atoms with van der Waals surface area (Å²) in [4.78, 5) is 19.7. The molecule has 1 N–H and O–H groups in total. The molecule has 148 valence electrons. The van der Waals surface area contributed by atoms with Crippen molar-refractivity contribution in [3.8, 4) is 6.07 Å². The maximum atomic E-state index is 13.1. The number of anilines is 1. The van der Waals surface area contributed by atoms with Crippen molar-refractivity contribution in [2.75, 3.05) is 11.6 Å². The number of nitrogens with zero attached hydrogens (tertiary/aromatic N) is 4. The molecule has 1 aromatic heterocycles. The van der Waals surface area contributed by atoms with Gasteiger partial charge >= 0.3 is 6.18 Å². The van der Waals surface area contributed by atoms with Gasteiger partial charge in [0.1, 0.15) is 6.07 Å². The van der Waals surface area contributed by atoms with Crippen molar-refractivity contribution >= 4 is 11.7 Å². The van der Waals surface area contributed by atoms with Crippen LogP contribution >= 0.6 is 0 Å². The highest BCUT2D eigenvalue weighted by Crippen LogP contribution is 2.30. The first-order valence-electron chi connectivity index (χ1n) is 8.94. The van der Waals surface area contributed by atoms with E-state index in [1.54, 1.807) is 6.07 Å². The Kier molecular flexibility index (Phi) is 6.29. The molecule has 6 nitrogen and oxygen atoms in total. The maximum absolute atomic E-state index is 13.1. The number of carbonyl (C=O) groups excluding carboxylic acids is 1. The number of nitriles is 1. The largest absolute Gasteiger partial charge is 0.433 e. The molecule has 1 saturated carbocycles. The van der Waals surface area contributed by atoms with Gasteiger partial charge in [-0.3, -0.25) is 15.2 Å². The first kappa shape index (κ1) is 20.9. The van der Waals surface area contributed by atoms with Crippen LogP contribution in [0.3, 0.4) is 0 Å². The number of carbonyl (C=O) groups is 1. The minimum absolute atomic E-state index is 0.145. The molecule has 1 amide bonds. The lowest BCUT2D eigenvalue weighted by molar-refractivity contribution is -0.141. The van der Waals surface area contributed by atoms with Crippen molar-refractivity contribution in [1.29, 1.82) is 5.26 Å². The highest BCUT2D eigenvalue weighted by molar-refractivity contribution is 5.80. The van der Waals surface area contributed by atoms with Gasteiger partial charge in [-0.05, 0) is 18.3 Å². The molecule has 0 bridgehead atoms. The van der Waals surface area contributed by atoms with Gasteiger partial charge in [0.15, 0.2) is 11.5 Å². The van der Waals surface area contributed by atoms with Crippen LogP contribution in [-0.4, -0.2) is 22.4 Å². The standard InChI is InChI=1S/C18H24F3N5O/c1-17(2,3)11-26(25-16(27)12-7-5-4-6-8-12)15-9-13(18(19,20)21)23-14(10-22)24-15/h9,12H,4-8,11H2,1-3H3,(H,25,27). The van der Waals surface area contributed by atoms with Gasteiger partial charge in [0.05, 0.1) is 0 Å². The molecule has 1 fully saturated rings. The number of hydrogen-bond acceptors (Lipinski definition) is 5. The lowest BCUT2D eigenvalue weighted by Crippen LogP contribution is -2.49. The minimum Gasteiger partial charge on any atom is -0.273 e. The van der Waals surface area contributed by atoms with E-state index in [-0.39, 0.29) is 29.6 Å². The van der Waals surface area contributed by atoms with Crippen LogP contribution < -0.4 is 10.4 Å². The van der Waals surface area contributed by atoms with E-state index in [1.165, 1.54) is 5.01 Å². The maximum Gasteiger partial charge on any atom is 0.433 e. The zero-order valence-corrected chi connectivity index (χ0v) is 15.7. The summed E-state index contributed by atoms with van der Waals surface area (Å²) >= 11 is 0. The molecule has 1 aliphatic carbocycles. The molecule has 0 radical (unpaired) electrons. The molecule has 1 aliphatic rings. The Balaban J connectivity index is 2.35. The summed E-state index contributed by atoms with van der Waals surface area (Å²) in [6, 6.07) is 2.31. The van der Waals surface area contributed by atoms with E-state index < -0.39 is 17.7 Å². The van der Waals surface area contributed by atoms with E-state index in [9.17, 15) is 18.0 Å². The normalized spacial score (nSPS) is 15.9. The van der Waals surface area contributed by atoms with Gasteiger partial charge in [-0.15, -0.1) is 0 Å². The van der Waals surface area contributed by atoms with Crippen LogP contribution in [0.5, 0.6) is 0 Å². The molecule has 0 aliphatic heterocycles. The highest BCUT2D eigenvalue weighted by atomic mass is 19.4. The third kappa shape index (κ3) is 6.08. The number of halogens is 3. The highest BCUT2D eigenvalue weighted by Gasteiger charge is 2.35. The van der Waals surface area contributed by atoms with Crippen molar-refractivity contribution in [1.82, 2.24) is 15.4 Å². The number of hydrogen-bond donors (Lipinski definition) is 1. The van der Waals surface area contributed by atoms with Crippen molar-refractivity contribution in [2.24, 2.45) is 11.3 Å². The predicted molar refractivity (Wildman–Crippen MR) is 93.3 cm³/mol. The molecule has 0 saturated heterocycles. The molecular weight excluding hydrogens is 359 g/mol. The Labute approximate surface area is 156 Å². The number of hydrazine groups is 1. The molecule has 2 rings (SSSR count). The third-order valence-electron chi connectivity index (χ3n) is 4.23. The molecule has 9 heteroatoms. The first-order valence-corrected chi connectivity index (χ1v) is 8.94. The van der Waals surface area contributed by atoms with Crippen LogP contribution in [0.1, 0.15) is 64.4 Å². The number of nitrogens with one attached hydrogen (secondary N) is 1. The second-order valence-corrected chi connectivity index (χ2v) is 8.00. The summed E-state index contributed by atoms with van der Waals surface area (Å²) in [7, 11) is 0. The summed E-state index contributed by atoms with van der Waals surface area (Å²) in [5.41, 5.74) is 1.17. The Bertz CT molecular complexity index is 715. The second-order valence-electron chi connectivity index (χ2n) is 8.00. The van der Waals surface area contributed by atoms with Crippen molar-refractivity contribution < 1.29 is 18.0 Å². The van der Waals surface area contributed by atoms with Gasteiger partial charge in [-0.2, -0.15) is 23.4 Å². The van der Waals surface area contributed by atoms with Crippen LogP contribution in [0.25, 0.3) is 0 Å². The number of rotatable bonds is 4. The molecule has 0 unspecified atom stereocenters. The quantitative estimate of drug-likeness (QED) is 0.799. The lowest BCUT2D eigenvalue weighted by Gasteiger charge is -2.33. The van der Waals surface area contributed by atoms with Crippen LogP contribution in [0.15, 0.2) is 6.07 Å². The monoisotopic (exact) mass is 383 g/mol. The Hall–Kier alpha value is -2.37. The van der Waals surface area contributed by atoms with Gasteiger partial charge in [0.25, 0.3) is 0 Å². The van der Waals surface area contributed by atoms with Gasteiger partial charge in [0.2, 0.25) is 11.7 Å². The lowest BCUT2D eigenvalue weighted by atomic mass is 9.89. The van der Waals surface area contributed by atoms with E-state index in [2.05, 4.69) is 15.4 Å². The van der Waals surface area contributed by atoms with Crippen LogP contribution in [-0.2, 0) is 11.0 Å². The summed E-state index contributed by atoms with van der Waals surface area (Å²) in [5, 5.41) is 10.3. The molecule has 0 aromatic carbocycles. The molecule has 27 heavy (non-hydrogen) atoms. The average Bonchev–Trinajstić information content (AvgIpc) is 2.59. The summed E-state index contributed by atoms with van der Waals surface area (Å²) in [5.74, 6) is -1.14. The SMILES string of the molecule is CC(C)(C)CN(NC(=O)C1CCCCC1)c1cc(C(F)(F)F)nc(C#N)n1. The fourth-order valence-corrected chi connectivity index (χ4v) is 3.01. The van der Waals surface area contributed by atoms with Crippen molar-refractivity contribution in [2.45, 2.75) is 59.1 Å². The predicted octanol–water partition coefficient (Wildman–Crippen LogP) is 3.83. The number of alkyl halides is 3. The second kappa shape index (κ2) is 8.11. The summed E-state index contributed by atoms with van der Waals surface area (Å²) in [6.45, 7) is 5.90. The fraction of sp³-hybridized carbons (Fsp3) is 0.667. The topological polar surface area (TPSA) is 81.9 Å². The van der Waals surface area contributed by atoms with E-state index in [0.29, 0.717) is 0 Å². The minimum atomic E-state index is -4.72. The Morgan fingerprint density at radius 2 is 1.89 bits per heavy atom. The molecule has 1 aromatic rings. The number of aromatic nitrogens is 2. The van der Waals surface area contributed by atoms with Crippen LogP contribution in [0, 0.1) is 22.7 Å². The molecule has 1 heterocycles. The van der Waals surface area contributed by atoms with Crippen molar-refractivity contribution in [3.05, 3.63) is 17.6 Å². The van der Waals surface area contributed by atoms with E-state index >= 15 is 0 Å². The van der Waals surface area contributed by atoms with Crippen LogP contribution in [0.4, 0.5) is 19.0 Å². The van der Waals surface area contributed by atoms with Gasteiger partial charge in [-0.1, -0.05) is 40.0 Å². The average molecular weight is 383 g/mol. The first-order chi connectivity index (χ1) is 12.5.